The Morgan fingerprint density at radius 3 is 2.70 bits per heavy atom. The van der Waals surface area contributed by atoms with Crippen molar-refractivity contribution >= 4 is 23.5 Å². The summed E-state index contributed by atoms with van der Waals surface area (Å²) >= 11 is 1.10. The van der Waals surface area contributed by atoms with Gasteiger partial charge in [-0.15, -0.1) is 0 Å². The average Bonchev–Trinajstić information content (AvgIpc) is 3.16. The molecule has 0 unspecified atom stereocenters. The highest BCUT2D eigenvalue weighted by molar-refractivity contribution is 8.00. The molecule has 9 nitrogen and oxygen atoms in total. The molecule has 0 saturated carbocycles. The normalized spacial score (nSPS) is 11.5. The van der Waals surface area contributed by atoms with Gasteiger partial charge in [-0.1, -0.05) is 23.8 Å². The summed E-state index contributed by atoms with van der Waals surface area (Å²) in [5.74, 6) is 1.24. The van der Waals surface area contributed by atoms with Crippen molar-refractivity contribution in [2.45, 2.75) is 30.7 Å². The molecule has 1 aromatic carbocycles. The zero-order valence-electron chi connectivity index (χ0n) is 16.6. The van der Waals surface area contributed by atoms with Crippen LogP contribution in [0.25, 0.3) is 11.3 Å². The number of amides is 1. The van der Waals surface area contributed by atoms with Crippen LogP contribution in [0.2, 0.25) is 0 Å². The lowest BCUT2D eigenvalue weighted by atomic mass is 10.1. The van der Waals surface area contributed by atoms with Crippen molar-refractivity contribution in [3.05, 3.63) is 52.0 Å². The predicted octanol–water partition coefficient (Wildman–Crippen LogP) is 3.12. The van der Waals surface area contributed by atoms with Gasteiger partial charge in [0.25, 0.3) is 5.56 Å². The number of ether oxygens (including phenoxy) is 1. The number of carbonyl (C=O) groups excluding carboxylic acids is 1. The zero-order valence-corrected chi connectivity index (χ0v) is 17.4. The summed E-state index contributed by atoms with van der Waals surface area (Å²) in [6.45, 7) is 3.57. The largest absolute Gasteiger partial charge is 0.497 e. The van der Waals surface area contributed by atoms with Crippen LogP contribution in [0.3, 0.4) is 0 Å². The van der Waals surface area contributed by atoms with E-state index in [0.29, 0.717) is 29.3 Å². The number of hydrogen-bond donors (Lipinski definition) is 2. The Kier molecular flexibility index (Phi) is 6.54. The van der Waals surface area contributed by atoms with Gasteiger partial charge in [0.1, 0.15) is 23.1 Å². The topological polar surface area (TPSA) is 134 Å². The second kappa shape index (κ2) is 9.28. The number of hydrogen-bond acceptors (Lipinski definition) is 8. The Hall–Kier alpha value is -3.58. The van der Waals surface area contributed by atoms with Gasteiger partial charge in [0.2, 0.25) is 5.91 Å². The van der Waals surface area contributed by atoms with Crippen molar-refractivity contribution in [1.29, 1.82) is 5.26 Å². The van der Waals surface area contributed by atoms with Gasteiger partial charge in [-0.05, 0) is 37.6 Å². The van der Waals surface area contributed by atoms with Crippen molar-refractivity contribution in [3.8, 4) is 23.1 Å². The Morgan fingerprint density at radius 2 is 2.13 bits per heavy atom. The Balaban J connectivity index is 1.89. The molecule has 10 heteroatoms. The monoisotopic (exact) mass is 425 g/mol. The SMILES string of the molecule is CC[C@@H](Sc1nc(-c2ccc(OC)cc2)c(C#N)c(=O)[nH]1)C(=O)Nc1cc(C)on1. The molecule has 3 rings (SSSR count). The smallest absolute Gasteiger partial charge is 0.270 e. The van der Waals surface area contributed by atoms with E-state index in [9.17, 15) is 14.9 Å². The van der Waals surface area contributed by atoms with Crippen molar-refractivity contribution in [2.75, 3.05) is 12.4 Å². The van der Waals surface area contributed by atoms with Crippen molar-refractivity contribution in [3.63, 3.8) is 0 Å². The lowest BCUT2D eigenvalue weighted by Crippen LogP contribution is -2.25. The molecule has 2 N–H and O–H groups in total. The third-order valence-corrected chi connectivity index (χ3v) is 5.42. The van der Waals surface area contributed by atoms with Gasteiger partial charge >= 0.3 is 0 Å². The van der Waals surface area contributed by atoms with Gasteiger partial charge in [0.05, 0.1) is 18.1 Å². The number of nitriles is 1. The minimum atomic E-state index is -0.566. The number of anilines is 1. The molecule has 2 heterocycles. The maximum absolute atomic E-state index is 12.6. The van der Waals surface area contributed by atoms with Gasteiger partial charge in [0.15, 0.2) is 11.0 Å². The number of H-pyrrole nitrogens is 1. The molecule has 3 aromatic rings. The highest BCUT2D eigenvalue weighted by Gasteiger charge is 2.22. The van der Waals surface area contributed by atoms with Crippen LogP contribution in [0, 0.1) is 18.3 Å². The predicted molar refractivity (Wildman–Crippen MR) is 111 cm³/mol. The first-order chi connectivity index (χ1) is 14.4. The van der Waals surface area contributed by atoms with Gasteiger partial charge in [0, 0.05) is 11.6 Å². The molecule has 0 saturated heterocycles. The van der Waals surface area contributed by atoms with Gasteiger partial charge < -0.3 is 19.6 Å². The number of nitrogens with one attached hydrogen (secondary N) is 2. The number of nitrogens with zero attached hydrogens (tertiary/aromatic N) is 3. The van der Waals surface area contributed by atoms with E-state index in [2.05, 4.69) is 20.4 Å². The van der Waals surface area contributed by atoms with E-state index in [-0.39, 0.29) is 22.3 Å². The van der Waals surface area contributed by atoms with Crippen LogP contribution in [0.4, 0.5) is 5.82 Å². The van der Waals surface area contributed by atoms with Gasteiger partial charge in [-0.2, -0.15) is 5.26 Å². The summed E-state index contributed by atoms with van der Waals surface area (Å²) in [5, 5.41) is 15.5. The molecular weight excluding hydrogens is 406 g/mol. The number of rotatable bonds is 7. The highest BCUT2D eigenvalue weighted by Crippen LogP contribution is 2.27. The van der Waals surface area contributed by atoms with Crippen molar-refractivity contribution < 1.29 is 14.1 Å². The molecule has 1 atom stereocenters. The number of thioether (sulfide) groups is 1. The molecule has 0 aliphatic carbocycles. The quantitative estimate of drug-likeness (QED) is 0.436. The standard InChI is InChI=1S/C20H19N5O4S/c1-4-15(19(27)22-16-9-11(2)29-25-16)30-20-23-17(14(10-21)18(26)24-20)12-5-7-13(28-3)8-6-12/h5-9,15H,4H2,1-3H3,(H,22,25,27)(H,23,24,26)/t15-/m1/s1. The molecule has 0 spiro atoms. The summed E-state index contributed by atoms with van der Waals surface area (Å²) in [6, 6.07) is 10.4. The van der Waals surface area contributed by atoms with E-state index in [1.807, 2.05) is 13.0 Å². The fraction of sp³-hybridized carbons (Fsp3) is 0.250. The first-order valence-electron chi connectivity index (χ1n) is 9.04. The number of benzene rings is 1. The zero-order chi connectivity index (χ0) is 21.7. The van der Waals surface area contributed by atoms with E-state index in [4.69, 9.17) is 9.26 Å². The van der Waals surface area contributed by atoms with E-state index in [1.54, 1.807) is 44.4 Å². The van der Waals surface area contributed by atoms with Crippen molar-refractivity contribution in [1.82, 2.24) is 15.1 Å². The Labute approximate surface area is 176 Å². The van der Waals surface area contributed by atoms with E-state index in [0.717, 1.165) is 11.8 Å². The lowest BCUT2D eigenvalue weighted by Gasteiger charge is -2.13. The van der Waals surface area contributed by atoms with Crippen LogP contribution in [-0.4, -0.2) is 33.4 Å². The molecule has 0 fully saturated rings. The van der Waals surface area contributed by atoms with E-state index in [1.165, 1.54) is 0 Å². The molecule has 0 bridgehead atoms. The Bertz CT molecular complexity index is 1150. The van der Waals surface area contributed by atoms with Crippen LogP contribution in [0.1, 0.15) is 24.7 Å². The summed E-state index contributed by atoms with van der Waals surface area (Å²) in [6.07, 6.45) is 0.481. The molecule has 2 aromatic heterocycles. The van der Waals surface area contributed by atoms with Gasteiger partial charge in [-0.25, -0.2) is 4.98 Å². The molecular formula is C20H19N5O4S. The van der Waals surface area contributed by atoms with E-state index < -0.39 is 10.8 Å². The third kappa shape index (κ3) is 4.69. The molecule has 0 aliphatic heterocycles. The minimum absolute atomic E-state index is 0.0971. The summed E-state index contributed by atoms with van der Waals surface area (Å²) in [5.41, 5.74) is 0.174. The average molecular weight is 425 g/mol. The third-order valence-electron chi connectivity index (χ3n) is 4.17. The molecule has 0 aliphatic rings. The summed E-state index contributed by atoms with van der Waals surface area (Å²) in [7, 11) is 1.55. The van der Waals surface area contributed by atoms with E-state index >= 15 is 0 Å². The fourth-order valence-electron chi connectivity index (χ4n) is 2.66. The fourth-order valence-corrected chi connectivity index (χ4v) is 3.56. The minimum Gasteiger partial charge on any atom is -0.497 e. The summed E-state index contributed by atoms with van der Waals surface area (Å²) < 4.78 is 10.1. The van der Waals surface area contributed by atoms with Crippen LogP contribution in [-0.2, 0) is 4.79 Å². The second-order valence-corrected chi connectivity index (χ2v) is 7.45. The maximum atomic E-state index is 12.6. The highest BCUT2D eigenvalue weighted by atomic mass is 32.2. The number of aryl methyl sites for hydroxylation is 1. The first-order valence-corrected chi connectivity index (χ1v) is 9.92. The summed E-state index contributed by atoms with van der Waals surface area (Å²) in [4.78, 5) is 32.1. The van der Waals surface area contributed by atoms with Crippen LogP contribution in [0.15, 0.2) is 44.8 Å². The Morgan fingerprint density at radius 1 is 1.40 bits per heavy atom. The second-order valence-electron chi connectivity index (χ2n) is 6.26. The van der Waals surface area contributed by atoms with Crippen molar-refractivity contribution in [2.24, 2.45) is 0 Å². The molecule has 1 amide bonds. The molecule has 154 valence electrons. The lowest BCUT2D eigenvalue weighted by molar-refractivity contribution is -0.115. The first kappa shape index (κ1) is 21.1. The maximum Gasteiger partial charge on any atom is 0.270 e. The number of carbonyl (C=O) groups is 1. The molecule has 30 heavy (non-hydrogen) atoms. The number of aromatic nitrogens is 3. The van der Waals surface area contributed by atoms with Crippen LogP contribution >= 0.6 is 11.8 Å². The molecule has 0 radical (unpaired) electrons. The van der Waals surface area contributed by atoms with Gasteiger partial charge in [-0.3, -0.25) is 9.59 Å². The van der Waals surface area contributed by atoms with Crippen LogP contribution < -0.4 is 15.6 Å². The number of aromatic amines is 1. The number of methoxy groups -OCH3 is 1. The van der Waals surface area contributed by atoms with Crippen LogP contribution in [0.5, 0.6) is 5.75 Å².